The van der Waals surface area contributed by atoms with Gasteiger partial charge in [-0.05, 0) is 82.1 Å². The highest BCUT2D eigenvalue weighted by molar-refractivity contribution is 4.95. The maximum absolute atomic E-state index is 5.77. The lowest BCUT2D eigenvalue weighted by atomic mass is 9.81. The summed E-state index contributed by atoms with van der Waals surface area (Å²) in [5.41, 5.74) is 0. The number of ether oxygens (including phenoxy) is 1. The molecule has 2 bridgehead atoms. The monoisotopic (exact) mass is 279 g/mol. The third-order valence-electron chi connectivity index (χ3n) is 6.03. The fourth-order valence-electron chi connectivity index (χ4n) is 5.02. The van der Waals surface area contributed by atoms with Crippen molar-refractivity contribution in [2.45, 2.75) is 83.3 Å². The van der Waals surface area contributed by atoms with Crippen molar-refractivity contribution in [2.75, 3.05) is 13.2 Å². The summed E-state index contributed by atoms with van der Waals surface area (Å²) in [5, 5.41) is 3.88. The van der Waals surface area contributed by atoms with E-state index in [1.54, 1.807) is 6.42 Å². The van der Waals surface area contributed by atoms with Crippen molar-refractivity contribution >= 4 is 0 Å². The molecule has 3 aliphatic rings. The lowest BCUT2D eigenvalue weighted by Crippen LogP contribution is -2.39. The summed E-state index contributed by atoms with van der Waals surface area (Å²) in [5.74, 6) is 3.12. The molecule has 2 nitrogen and oxygen atoms in total. The zero-order chi connectivity index (χ0) is 13.8. The van der Waals surface area contributed by atoms with Crippen molar-refractivity contribution in [1.82, 2.24) is 5.32 Å². The summed E-state index contributed by atoms with van der Waals surface area (Å²) in [6.07, 6.45) is 14.6. The highest BCUT2D eigenvalue weighted by Gasteiger charge is 2.42. The van der Waals surface area contributed by atoms with Crippen molar-refractivity contribution in [3.05, 3.63) is 0 Å². The second-order valence-electron chi connectivity index (χ2n) is 7.47. The zero-order valence-electron chi connectivity index (χ0n) is 13.3. The highest BCUT2D eigenvalue weighted by Crippen LogP contribution is 2.50. The molecule has 5 atom stereocenters. The quantitative estimate of drug-likeness (QED) is 0.721. The first-order chi connectivity index (χ1) is 9.86. The Kier molecular flexibility index (Phi) is 5.39. The van der Waals surface area contributed by atoms with Gasteiger partial charge in [0.25, 0.3) is 0 Å². The number of hydrogen-bond acceptors (Lipinski definition) is 2. The Morgan fingerprint density at radius 1 is 1.20 bits per heavy atom. The summed E-state index contributed by atoms with van der Waals surface area (Å²) in [4.78, 5) is 0. The molecule has 0 aromatic carbocycles. The molecule has 116 valence electrons. The van der Waals surface area contributed by atoms with Crippen LogP contribution in [0, 0.1) is 17.8 Å². The molecule has 2 aliphatic carbocycles. The SMILES string of the molecule is CCCNC(CCCC1CCCO1)C1CC2CCC1C2. The van der Waals surface area contributed by atoms with E-state index in [-0.39, 0.29) is 0 Å². The fraction of sp³-hybridized carbons (Fsp3) is 1.00. The van der Waals surface area contributed by atoms with Crippen LogP contribution >= 0.6 is 0 Å². The number of fused-ring (bicyclic) bond motifs is 2. The van der Waals surface area contributed by atoms with Crippen LogP contribution in [-0.4, -0.2) is 25.3 Å². The molecule has 3 rings (SSSR count). The Labute approximate surface area is 125 Å². The van der Waals surface area contributed by atoms with Gasteiger partial charge in [-0.1, -0.05) is 13.3 Å². The summed E-state index contributed by atoms with van der Waals surface area (Å²) in [6, 6.07) is 0.798. The molecule has 0 aromatic rings. The van der Waals surface area contributed by atoms with E-state index in [4.69, 9.17) is 4.74 Å². The molecule has 1 aliphatic heterocycles. The predicted molar refractivity (Wildman–Crippen MR) is 83.8 cm³/mol. The molecule has 1 N–H and O–H groups in total. The van der Waals surface area contributed by atoms with E-state index >= 15 is 0 Å². The zero-order valence-corrected chi connectivity index (χ0v) is 13.3. The summed E-state index contributed by atoms with van der Waals surface area (Å²) in [7, 11) is 0. The van der Waals surface area contributed by atoms with Gasteiger partial charge in [0.15, 0.2) is 0 Å². The van der Waals surface area contributed by atoms with Gasteiger partial charge < -0.3 is 10.1 Å². The normalized spacial score (nSPS) is 37.6. The third kappa shape index (κ3) is 3.57. The van der Waals surface area contributed by atoms with Crippen molar-refractivity contribution in [2.24, 2.45) is 17.8 Å². The maximum atomic E-state index is 5.77. The average molecular weight is 279 g/mol. The molecule has 0 spiro atoms. The number of rotatable bonds is 8. The Morgan fingerprint density at radius 3 is 2.80 bits per heavy atom. The molecule has 5 unspecified atom stereocenters. The standard InChI is InChI=1S/C18H33NO/c1-2-10-19-18(7-3-5-16-6-4-11-20-16)17-13-14-8-9-15(17)12-14/h14-19H,2-13H2,1H3. The second kappa shape index (κ2) is 7.26. The van der Waals surface area contributed by atoms with Crippen molar-refractivity contribution in [1.29, 1.82) is 0 Å². The topological polar surface area (TPSA) is 21.3 Å². The Morgan fingerprint density at radius 2 is 2.15 bits per heavy atom. The van der Waals surface area contributed by atoms with Crippen LogP contribution in [0.1, 0.15) is 71.1 Å². The average Bonchev–Trinajstić information content (AvgIpc) is 3.19. The lowest BCUT2D eigenvalue weighted by molar-refractivity contribution is 0.0996. The molecular weight excluding hydrogens is 246 g/mol. The van der Waals surface area contributed by atoms with Crippen LogP contribution in [0.2, 0.25) is 0 Å². The molecule has 2 saturated carbocycles. The van der Waals surface area contributed by atoms with Gasteiger partial charge in [-0.25, -0.2) is 0 Å². The number of nitrogens with one attached hydrogen (secondary N) is 1. The van der Waals surface area contributed by atoms with Gasteiger partial charge in [0.1, 0.15) is 0 Å². The fourth-order valence-corrected chi connectivity index (χ4v) is 5.02. The van der Waals surface area contributed by atoms with Crippen LogP contribution < -0.4 is 5.32 Å². The first-order valence-corrected chi connectivity index (χ1v) is 9.21. The van der Waals surface area contributed by atoms with Crippen LogP contribution in [-0.2, 0) is 4.74 Å². The molecular formula is C18H33NO. The van der Waals surface area contributed by atoms with E-state index in [1.807, 2.05) is 0 Å². The van der Waals surface area contributed by atoms with Crippen molar-refractivity contribution in [3.8, 4) is 0 Å². The summed E-state index contributed by atoms with van der Waals surface area (Å²) in [6.45, 7) is 4.50. The van der Waals surface area contributed by atoms with E-state index in [0.717, 1.165) is 30.4 Å². The molecule has 1 heterocycles. The Bertz CT molecular complexity index is 287. The van der Waals surface area contributed by atoms with Crippen LogP contribution in [0.3, 0.4) is 0 Å². The third-order valence-corrected chi connectivity index (χ3v) is 6.03. The van der Waals surface area contributed by atoms with Gasteiger partial charge in [0.05, 0.1) is 6.10 Å². The van der Waals surface area contributed by atoms with Crippen LogP contribution in [0.4, 0.5) is 0 Å². The maximum Gasteiger partial charge on any atom is 0.0576 e. The van der Waals surface area contributed by atoms with E-state index in [2.05, 4.69) is 12.2 Å². The van der Waals surface area contributed by atoms with Gasteiger partial charge in [0, 0.05) is 12.6 Å². The molecule has 0 amide bonds. The van der Waals surface area contributed by atoms with Crippen LogP contribution in [0.5, 0.6) is 0 Å². The second-order valence-corrected chi connectivity index (χ2v) is 7.47. The summed E-state index contributed by atoms with van der Waals surface area (Å²) < 4.78 is 5.77. The molecule has 3 fully saturated rings. The predicted octanol–water partition coefficient (Wildman–Crippen LogP) is 4.14. The van der Waals surface area contributed by atoms with E-state index in [1.165, 1.54) is 64.3 Å². The van der Waals surface area contributed by atoms with E-state index < -0.39 is 0 Å². The molecule has 1 saturated heterocycles. The minimum Gasteiger partial charge on any atom is -0.378 e. The van der Waals surface area contributed by atoms with Gasteiger partial charge in [-0.15, -0.1) is 0 Å². The first-order valence-electron chi connectivity index (χ1n) is 9.21. The van der Waals surface area contributed by atoms with Gasteiger partial charge >= 0.3 is 0 Å². The molecule has 2 heteroatoms. The minimum atomic E-state index is 0.585. The van der Waals surface area contributed by atoms with E-state index in [9.17, 15) is 0 Å². The Balaban J connectivity index is 1.45. The van der Waals surface area contributed by atoms with Gasteiger partial charge in [-0.2, -0.15) is 0 Å². The Hall–Kier alpha value is -0.0800. The molecule has 0 aromatic heterocycles. The van der Waals surface area contributed by atoms with Gasteiger partial charge in [-0.3, -0.25) is 0 Å². The van der Waals surface area contributed by atoms with Crippen LogP contribution in [0.15, 0.2) is 0 Å². The first kappa shape index (κ1) is 14.8. The summed E-state index contributed by atoms with van der Waals surface area (Å²) >= 11 is 0. The van der Waals surface area contributed by atoms with E-state index in [0.29, 0.717) is 6.10 Å². The van der Waals surface area contributed by atoms with Crippen LogP contribution in [0.25, 0.3) is 0 Å². The largest absolute Gasteiger partial charge is 0.378 e. The molecule has 0 radical (unpaired) electrons. The minimum absolute atomic E-state index is 0.585. The number of hydrogen-bond donors (Lipinski definition) is 1. The lowest BCUT2D eigenvalue weighted by Gasteiger charge is -2.31. The highest BCUT2D eigenvalue weighted by atomic mass is 16.5. The van der Waals surface area contributed by atoms with Gasteiger partial charge in [0.2, 0.25) is 0 Å². The van der Waals surface area contributed by atoms with Crippen molar-refractivity contribution < 1.29 is 4.74 Å². The molecule has 20 heavy (non-hydrogen) atoms. The van der Waals surface area contributed by atoms with Crippen molar-refractivity contribution in [3.63, 3.8) is 0 Å². The smallest absolute Gasteiger partial charge is 0.0576 e.